The average molecular weight is 391 g/mol. The second kappa shape index (κ2) is 5.59. The molecule has 1 aromatic heterocycles. The zero-order valence-corrected chi connectivity index (χ0v) is 15.7. The monoisotopic (exact) mass is 391 g/mol. The number of hydrogen-bond acceptors (Lipinski definition) is 4. The van der Waals surface area contributed by atoms with Gasteiger partial charge in [-0.1, -0.05) is 6.07 Å². The van der Waals surface area contributed by atoms with E-state index >= 15 is 0 Å². The van der Waals surface area contributed by atoms with Gasteiger partial charge in [-0.2, -0.15) is 0 Å². The molecule has 9 heteroatoms. The van der Waals surface area contributed by atoms with Gasteiger partial charge in [-0.25, -0.2) is 18.2 Å². The number of amidine groups is 1. The van der Waals surface area contributed by atoms with E-state index in [4.69, 9.17) is 5.73 Å². The van der Waals surface area contributed by atoms with E-state index in [-0.39, 0.29) is 17.8 Å². The first-order chi connectivity index (χ1) is 12.9. The van der Waals surface area contributed by atoms with Crippen LogP contribution in [0.15, 0.2) is 29.4 Å². The maximum atomic E-state index is 14.9. The molecule has 2 heterocycles. The Morgan fingerprint density at radius 1 is 1.32 bits per heavy atom. The number of aromatic nitrogens is 2. The van der Waals surface area contributed by atoms with Gasteiger partial charge in [-0.15, -0.1) is 0 Å². The minimum Gasteiger partial charge on any atom is -0.385 e. The first kappa shape index (κ1) is 18.5. The number of aryl methyl sites for hydroxylation is 2. The number of imidazole rings is 1. The number of rotatable bonds is 2. The van der Waals surface area contributed by atoms with Crippen LogP contribution in [0.5, 0.6) is 0 Å². The summed E-state index contributed by atoms with van der Waals surface area (Å²) in [7, 11) is 1.69. The van der Waals surface area contributed by atoms with Crippen LogP contribution in [0, 0.1) is 6.92 Å². The number of carbonyl (C=O) groups is 1. The third-order valence-corrected chi connectivity index (χ3v) is 5.46. The SMILES string of the molecule is Cc1cn(C)c(C(=O)Nc2ccc3c(c2)[C@@]2(C3)N=C(N)[C@](C)(F)CC2(F)F)n1. The number of benzene rings is 1. The van der Waals surface area contributed by atoms with E-state index in [0.717, 1.165) is 6.92 Å². The molecule has 2 atom stereocenters. The van der Waals surface area contributed by atoms with Crippen molar-refractivity contribution in [1.29, 1.82) is 0 Å². The number of amides is 1. The van der Waals surface area contributed by atoms with Crippen molar-refractivity contribution < 1.29 is 18.0 Å². The molecule has 0 unspecified atom stereocenters. The number of aliphatic imine (C=N–C) groups is 1. The van der Waals surface area contributed by atoms with E-state index in [1.54, 1.807) is 36.9 Å². The number of nitrogens with two attached hydrogens (primary N) is 1. The van der Waals surface area contributed by atoms with Crippen molar-refractivity contribution in [3.8, 4) is 0 Å². The highest BCUT2D eigenvalue weighted by molar-refractivity contribution is 6.02. The van der Waals surface area contributed by atoms with Crippen LogP contribution in [-0.4, -0.2) is 32.9 Å². The van der Waals surface area contributed by atoms with Gasteiger partial charge in [0.15, 0.2) is 17.0 Å². The molecule has 6 nitrogen and oxygen atoms in total. The number of fused-ring (bicyclic) bond motifs is 2. The van der Waals surface area contributed by atoms with Gasteiger partial charge in [0.1, 0.15) is 5.84 Å². The lowest BCUT2D eigenvalue weighted by Crippen LogP contribution is -2.61. The summed E-state index contributed by atoms with van der Waals surface area (Å²) in [6.07, 6.45) is 0.645. The number of alkyl halides is 3. The molecule has 28 heavy (non-hydrogen) atoms. The standard InChI is InChI=1S/C19H20F3N5O/c1-10-8-27(3)14(24-10)15(28)25-12-5-4-11-7-18(13(11)6-12)19(21,22)9-17(2,20)16(23)26-18/h4-6,8H,7,9H2,1-3H3,(H2,23,26)(H,25,28)/t17-,18-/m1/s1. The van der Waals surface area contributed by atoms with Crippen molar-refractivity contribution in [2.75, 3.05) is 5.32 Å². The van der Waals surface area contributed by atoms with Crippen LogP contribution in [0.3, 0.4) is 0 Å². The predicted octanol–water partition coefficient (Wildman–Crippen LogP) is 2.86. The summed E-state index contributed by atoms with van der Waals surface area (Å²) in [6.45, 7) is 2.77. The molecule has 0 saturated carbocycles. The maximum absolute atomic E-state index is 14.9. The number of nitrogens with one attached hydrogen (secondary N) is 1. The van der Waals surface area contributed by atoms with Crippen molar-refractivity contribution in [1.82, 2.24) is 9.55 Å². The Morgan fingerprint density at radius 2 is 2.04 bits per heavy atom. The molecule has 1 aliphatic heterocycles. The number of anilines is 1. The quantitative estimate of drug-likeness (QED) is 0.826. The van der Waals surface area contributed by atoms with E-state index in [0.29, 0.717) is 16.9 Å². The number of halogens is 3. The first-order valence-corrected chi connectivity index (χ1v) is 8.82. The summed E-state index contributed by atoms with van der Waals surface area (Å²) in [5.74, 6) is -4.08. The topological polar surface area (TPSA) is 85.3 Å². The second-order valence-corrected chi connectivity index (χ2v) is 7.76. The van der Waals surface area contributed by atoms with E-state index in [9.17, 15) is 18.0 Å². The Hall–Kier alpha value is -2.84. The third kappa shape index (κ3) is 2.52. The van der Waals surface area contributed by atoms with Crippen LogP contribution in [0.2, 0.25) is 0 Å². The molecular formula is C19H20F3N5O. The molecular weight excluding hydrogens is 371 g/mol. The molecule has 148 valence electrons. The number of nitrogens with zero attached hydrogens (tertiary/aromatic N) is 3. The van der Waals surface area contributed by atoms with Gasteiger partial charge in [0.05, 0.1) is 12.1 Å². The van der Waals surface area contributed by atoms with Gasteiger partial charge in [-0.3, -0.25) is 9.79 Å². The number of hydrogen-bond donors (Lipinski definition) is 2. The lowest BCUT2D eigenvalue weighted by molar-refractivity contribution is -0.120. The van der Waals surface area contributed by atoms with Gasteiger partial charge in [-0.05, 0) is 37.1 Å². The Labute approximate surface area is 159 Å². The van der Waals surface area contributed by atoms with Crippen molar-refractivity contribution in [3.63, 3.8) is 0 Å². The molecule has 0 radical (unpaired) electrons. The average Bonchev–Trinajstić information content (AvgIpc) is 2.90. The molecule has 0 bridgehead atoms. The molecule has 0 fully saturated rings. The fourth-order valence-electron chi connectivity index (χ4n) is 3.96. The van der Waals surface area contributed by atoms with Gasteiger partial charge in [0, 0.05) is 25.4 Å². The van der Waals surface area contributed by atoms with Gasteiger partial charge in [0.25, 0.3) is 11.8 Å². The van der Waals surface area contributed by atoms with Crippen molar-refractivity contribution in [2.45, 2.75) is 43.8 Å². The molecule has 1 aromatic carbocycles. The lowest BCUT2D eigenvalue weighted by Gasteiger charge is -2.50. The van der Waals surface area contributed by atoms with Crippen LogP contribution in [-0.2, 0) is 19.0 Å². The molecule has 1 aliphatic carbocycles. The minimum absolute atomic E-state index is 0.0289. The van der Waals surface area contributed by atoms with Crippen molar-refractivity contribution in [3.05, 3.63) is 47.0 Å². The summed E-state index contributed by atoms with van der Waals surface area (Å²) >= 11 is 0. The zero-order valence-electron chi connectivity index (χ0n) is 15.7. The Balaban J connectivity index is 1.69. The molecule has 2 aromatic rings. The van der Waals surface area contributed by atoms with Gasteiger partial charge < -0.3 is 15.6 Å². The third-order valence-electron chi connectivity index (χ3n) is 5.46. The fraction of sp³-hybridized carbons (Fsp3) is 0.421. The van der Waals surface area contributed by atoms with E-state index in [1.165, 1.54) is 6.07 Å². The van der Waals surface area contributed by atoms with Crippen LogP contribution in [0.1, 0.15) is 40.8 Å². The smallest absolute Gasteiger partial charge is 0.291 e. The zero-order chi connectivity index (χ0) is 20.5. The molecule has 1 amide bonds. The predicted molar refractivity (Wildman–Crippen MR) is 98.4 cm³/mol. The molecule has 4 rings (SSSR count). The van der Waals surface area contributed by atoms with E-state index in [2.05, 4.69) is 15.3 Å². The summed E-state index contributed by atoms with van der Waals surface area (Å²) in [6, 6.07) is 4.75. The summed E-state index contributed by atoms with van der Waals surface area (Å²) in [5.41, 5.74) is 3.35. The van der Waals surface area contributed by atoms with Crippen LogP contribution in [0.25, 0.3) is 0 Å². The highest BCUT2D eigenvalue weighted by Crippen LogP contribution is 2.57. The molecule has 1 spiro atoms. The highest BCUT2D eigenvalue weighted by Gasteiger charge is 2.66. The Morgan fingerprint density at radius 3 is 2.68 bits per heavy atom. The van der Waals surface area contributed by atoms with Gasteiger partial charge in [0.2, 0.25) is 0 Å². The first-order valence-electron chi connectivity index (χ1n) is 8.82. The summed E-state index contributed by atoms with van der Waals surface area (Å²) in [4.78, 5) is 20.5. The van der Waals surface area contributed by atoms with E-state index < -0.39 is 35.3 Å². The van der Waals surface area contributed by atoms with Gasteiger partial charge >= 0.3 is 0 Å². The largest absolute Gasteiger partial charge is 0.385 e. The fourth-order valence-corrected chi connectivity index (χ4v) is 3.96. The summed E-state index contributed by atoms with van der Waals surface area (Å²) < 4.78 is 45.6. The van der Waals surface area contributed by atoms with Crippen LogP contribution >= 0.6 is 0 Å². The minimum atomic E-state index is -3.40. The lowest BCUT2D eigenvalue weighted by atomic mass is 9.63. The molecule has 3 N–H and O–H groups in total. The van der Waals surface area contributed by atoms with Crippen molar-refractivity contribution >= 4 is 17.4 Å². The van der Waals surface area contributed by atoms with Crippen LogP contribution in [0.4, 0.5) is 18.9 Å². The summed E-state index contributed by atoms with van der Waals surface area (Å²) in [5, 5.41) is 2.67. The molecule has 2 aliphatic rings. The molecule has 0 saturated heterocycles. The normalized spacial score (nSPS) is 27.7. The highest BCUT2D eigenvalue weighted by atomic mass is 19.3. The van der Waals surface area contributed by atoms with Crippen LogP contribution < -0.4 is 11.1 Å². The second-order valence-electron chi connectivity index (χ2n) is 7.76. The number of carbonyl (C=O) groups excluding carboxylic acids is 1. The Bertz CT molecular complexity index is 1030. The Kier molecular flexibility index (Phi) is 3.70. The van der Waals surface area contributed by atoms with E-state index in [1.807, 2.05) is 0 Å². The maximum Gasteiger partial charge on any atom is 0.291 e. The van der Waals surface area contributed by atoms with Crippen molar-refractivity contribution in [2.24, 2.45) is 17.8 Å².